The number of carbonyl (C=O) groups is 2. The van der Waals surface area contributed by atoms with Crippen molar-refractivity contribution in [2.45, 2.75) is 12.3 Å². The van der Waals surface area contributed by atoms with Gasteiger partial charge in [0.15, 0.2) is 6.10 Å². The molecule has 3 N–H and O–H groups in total. The number of nitrogens with one attached hydrogen (secondary N) is 1. The third-order valence-corrected chi connectivity index (χ3v) is 4.78. The SMILES string of the molecule is NC(=O)C1CN(CC(=O)Nc2cc(C(F)(F)F)ccc2-n2cncn2)c2ccccc2O1. The molecular formula is C20H17F3N6O3. The normalized spacial score (nSPS) is 15.6. The van der Waals surface area contributed by atoms with Crippen molar-refractivity contribution in [3.63, 3.8) is 0 Å². The van der Waals surface area contributed by atoms with E-state index < -0.39 is 29.7 Å². The summed E-state index contributed by atoms with van der Waals surface area (Å²) in [6.07, 6.45) is -3.05. The van der Waals surface area contributed by atoms with E-state index in [2.05, 4.69) is 15.4 Å². The highest BCUT2D eigenvalue weighted by molar-refractivity contribution is 5.96. The van der Waals surface area contributed by atoms with Crippen molar-refractivity contribution in [1.29, 1.82) is 0 Å². The molecule has 32 heavy (non-hydrogen) atoms. The molecule has 166 valence electrons. The summed E-state index contributed by atoms with van der Waals surface area (Å²) >= 11 is 0. The maximum atomic E-state index is 13.2. The lowest BCUT2D eigenvalue weighted by Crippen LogP contribution is -2.49. The van der Waals surface area contributed by atoms with Crippen molar-refractivity contribution in [1.82, 2.24) is 14.8 Å². The molecule has 0 radical (unpaired) electrons. The summed E-state index contributed by atoms with van der Waals surface area (Å²) in [5.41, 5.74) is 5.10. The average molecular weight is 446 g/mol. The Balaban J connectivity index is 1.61. The lowest BCUT2D eigenvalue weighted by molar-refractivity contribution is -0.137. The molecule has 1 aliphatic heterocycles. The Labute approximate surface area is 179 Å². The van der Waals surface area contributed by atoms with E-state index in [0.29, 0.717) is 11.4 Å². The van der Waals surface area contributed by atoms with Crippen molar-refractivity contribution >= 4 is 23.2 Å². The van der Waals surface area contributed by atoms with Crippen LogP contribution in [0.25, 0.3) is 5.69 Å². The lowest BCUT2D eigenvalue weighted by atomic mass is 10.1. The van der Waals surface area contributed by atoms with Gasteiger partial charge in [0, 0.05) is 0 Å². The second kappa shape index (κ2) is 8.21. The van der Waals surface area contributed by atoms with Crippen LogP contribution in [0.5, 0.6) is 5.75 Å². The predicted octanol–water partition coefficient (Wildman–Crippen LogP) is 1.98. The molecule has 0 saturated carbocycles. The second-order valence-corrected chi connectivity index (χ2v) is 6.98. The van der Waals surface area contributed by atoms with E-state index in [1.165, 1.54) is 23.4 Å². The zero-order valence-corrected chi connectivity index (χ0v) is 16.4. The van der Waals surface area contributed by atoms with Crippen molar-refractivity contribution in [3.05, 3.63) is 60.7 Å². The van der Waals surface area contributed by atoms with Gasteiger partial charge in [-0.3, -0.25) is 9.59 Å². The maximum absolute atomic E-state index is 13.2. The minimum absolute atomic E-state index is 0.0122. The first-order valence-corrected chi connectivity index (χ1v) is 9.38. The molecule has 0 aliphatic carbocycles. The Morgan fingerprint density at radius 2 is 1.97 bits per heavy atom. The molecule has 1 aliphatic rings. The Kier molecular flexibility index (Phi) is 5.43. The number of fused-ring (bicyclic) bond motifs is 1. The van der Waals surface area contributed by atoms with Crippen LogP contribution in [0.3, 0.4) is 0 Å². The van der Waals surface area contributed by atoms with E-state index >= 15 is 0 Å². The molecule has 0 bridgehead atoms. The molecule has 2 amide bonds. The summed E-state index contributed by atoms with van der Waals surface area (Å²) in [6, 6.07) is 9.67. The molecule has 2 heterocycles. The number of benzene rings is 2. The highest BCUT2D eigenvalue weighted by atomic mass is 19.4. The summed E-state index contributed by atoms with van der Waals surface area (Å²) < 4.78 is 46.5. The number of aromatic nitrogens is 3. The maximum Gasteiger partial charge on any atom is 0.416 e. The molecule has 1 atom stereocenters. The minimum Gasteiger partial charge on any atom is -0.477 e. The van der Waals surface area contributed by atoms with Gasteiger partial charge in [-0.15, -0.1) is 0 Å². The van der Waals surface area contributed by atoms with Crippen LogP contribution in [0.2, 0.25) is 0 Å². The van der Waals surface area contributed by atoms with E-state index in [1.807, 2.05) is 0 Å². The zero-order chi connectivity index (χ0) is 22.9. The van der Waals surface area contributed by atoms with E-state index in [-0.39, 0.29) is 24.5 Å². The number of halogens is 3. The smallest absolute Gasteiger partial charge is 0.416 e. The van der Waals surface area contributed by atoms with Crippen molar-refractivity contribution < 1.29 is 27.5 Å². The van der Waals surface area contributed by atoms with Gasteiger partial charge in [-0.1, -0.05) is 12.1 Å². The third-order valence-electron chi connectivity index (χ3n) is 4.78. The monoisotopic (exact) mass is 446 g/mol. The van der Waals surface area contributed by atoms with Gasteiger partial charge in [0.2, 0.25) is 5.91 Å². The predicted molar refractivity (Wildman–Crippen MR) is 107 cm³/mol. The number of primary amides is 1. The molecule has 4 rings (SSSR count). The van der Waals surface area contributed by atoms with Crippen LogP contribution in [-0.2, 0) is 15.8 Å². The van der Waals surface area contributed by atoms with Crippen LogP contribution in [0.15, 0.2) is 55.1 Å². The first-order valence-electron chi connectivity index (χ1n) is 9.38. The van der Waals surface area contributed by atoms with Gasteiger partial charge in [-0.25, -0.2) is 9.67 Å². The fraction of sp³-hybridized carbons (Fsp3) is 0.200. The summed E-state index contributed by atoms with van der Waals surface area (Å²) in [6.45, 7) is -0.241. The van der Waals surface area contributed by atoms with Gasteiger partial charge in [0.1, 0.15) is 18.4 Å². The number of rotatable bonds is 5. The van der Waals surface area contributed by atoms with Crippen molar-refractivity contribution in [2.75, 3.05) is 23.3 Å². The molecule has 2 aromatic carbocycles. The van der Waals surface area contributed by atoms with Crippen LogP contribution in [0, 0.1) is 0 Å². The number of amides is 2. The summed E-state index contributed by atoms with van der Waals surface area (Å²) in [7, 11) is 0. The molecule has 1 unspecified atom stereocenters. The first-order chi connectivity index (χ1) is 15.2. The van der Waals surface area contributed by atoms with Gasteiger partial charge in [0.25, 0.3) is 5.91 Å². The number of alkyl halides is 3. The molecule has 12 heteroatoms. The fourth-order valence-corrected chi connectivity index (χ4v) is 3.31. The zero-order valence-electron chi connectivity index (χ0n) is 16.4. The Morgan fingerprint density at radius 3 is 2.66 bits per heavy atom. The Morgan fingerprint density at radius 1 is 1.19 bits per heavy atom. The third kappa shape index (κ3) is 4.33. The number of para-hydroxylation sites is 2. The quantitative estimate of drug-likeness (QED) is 0.619. The molecule has 1 aromatic heterocycles. The van der Waals surface area contributed by atoms with Gasteiger partial charge in [-0.2, -0.15) is 18.3 Å². The average Bonchev–Trinajstić information content (AvgIpc) is 3.27. The fourth-order valence-electron chi connectivity index (χ4n) is 3.31. The van der Waals surface area contributed by atoms with Gasteiger partial charge in [0.05, 0.1) is 35.7 Å². The number of anilines is 2. The summed E-state index contributed by atoms with van der Waals surface area (Å²) in [5.74, 6) is -0.931. The number of carbonyl (C=O) groups excluding carboxylic acids is 2. The van der Waals surface area contributed by atoms with Crippen molar-refractivity contribution in [3.8, 4) is 11.4 Å². The van der Waals surface area contributed by atoms with Crippen LogP contribution in [0.1, 0.15) is 5.56 Å². The molecule has 0 saturated heterocycles. The number of hydrogen-bond donors (Lipinski definition) is 2. The van der Waals surface area contributed by atoms with Crippen molar-refractivity contribution in [2.24, 2.45) is 5.73 Å². The van der Waals surface area contributed by atoms with Crippen LogP contribution in [-0.4, -0.2) is 45.8 Å². The number of nitrogens with zero attached hydrogens (tertiary/aromatic N) is 4. The number of ether oxygens (including phenoxy) is 1. The second-order valence-electron chi connectivity index (χ2n) is 6.98. The molecule has 0 fully saturated rings. The van der Waals surface area contributed by atoms with Gasteiger partial charge >= 0.3 is 6.18 Å². The van der Waals surface area contributed by atoms with Crippen LogP contribution >= 0.6 is 0 Å². The number of nitrogens with two attached hydrogens (primary N) is 1. The first kappa shape index (κ1) is 21.2. The Bertz CT molecular complexity index is 1150. The van der Waals surface area contributed by atoms with Crippen LogP contribution in [0.4, 0.5) is 24.5 Å². The Hall–Kier alpha value is -4.09. The summed E-state index contributed by atoms with van der Waals surface area (Å²) in [4.78, 5) is 29.8. The van der Waals surface area contributed by atoms with E-state index in [4.69, 9.17) is 10.5 Å². The molecule has 9 nitrogen and oxygen atoms in total. The minimum atomic E-state index is -4.60. The summed E-state index contributed by atoms with van der Waals surface area (Å²) in [5, 5.41) is 6.42. The molecule has 3 aromatic rings. The molecule has 0 spiro atoms. The van der Waals surface area contributed by atoms with E-state index in [9.17, 15) is 22.8 Å². The van der Waals surface area contributed by atoms with E-state index in [1.54, 1.807) is 29.2 Å². The van der Waals surface area contributed by atoms with E-state index in [0.717, 1.165) is 12.1 Å². The largest absolute Gasteiger partial charge is 0.477 e. The van der Waals surface area contributed by atoms with Gasteiger partial charge < -0.3 is 20.7 Å². The standard InChI is InChI=1S/C20H17F3N6O3/c21-20(22,23)12-5-6-14(29-11-25-10-26-29)13(7-12)27-18(30)9-28-8-17(19(24)31)32-16-4-2-1-3-15(16)28/h1-7,10-11,17H,8-9H2,(H2,24,31)(H,27,30). The highest BCUT2D eigenvalue weighted by Crippen LogP contribution is 2.34. The lowest BCUT2D eigenvalue weighted by Gasteiger charge is -2.34. The molecular weight excluding hydrogens is 429 g/mol. The van der Waals surface area contributed by atoms with Crippen LogP contribution < -0.4 is 20.7 Å². The van der Waals surface area contributed by atoms with Gasteiger partial charge in [-0.05, 0) is 30.3 Å². The highest BCUT2D eigenvalue weighted by Gasteiger charge is 2.32. The number of hydrogen-bond acceptors (Lipinski definition) is 6. The topological polar surface area (TPSA) is 115 Å².